The number of aliphatic hydroxyl groups excluding tert-OH is 1. The molecule has 0 aromatic heterocycles. The van der Waals surface area contributed by atoms with Gasteiger partial charge in [-0.15, -0.1) is 11.8 Å². The molecule has 2 N–H and O–H groups in total. The van der Waals surface area contributed by atoms with Crippen LogP contribution in [0.3, 0.4) is 0 Å². The molecule has 4 bridgehead atoms. The minimum atomic E-state index is -1.29. The van der Waals surface area contributed by atoms with Crippen LogP contribution in [0.15, 0.2) is 42.5 Å². The molecule has 0 saturated carbocycles. The van der Waals surface area contributed by atoms with E-state index < -0.39 is 59.7 Å². The number of likely N-dealkylation sites (N-methyl/N-ethyl adjacent to an activating group) is 1. The Labute approximate surface area is 310 Å². The van der Waals surface area contributed by atoms with Crippen LogP contribution in [0.5, 0.6) is 28.7 Å². The van der Waals surface area contributed by atoms with E-state index in [2.05, 4.69) is 4.90 Å². The largest absolute Gasteiger partial charge is 0.504 e. The van der Waals surface area contributed by atoms with Crippen LogP contribution in [0, 0.1) is 13.8 Å². The van der Waals surface area contributed by atoms with Crippen molar-refractivity contribution in [2.24, 2.45) is 0 Å². The zero-order valence-electron chi connectivity index (χ0n) is 29.9. The Kier molecular flexibility index (Phi) is 9.04. The molecule has 0 spiro atoms. The van der Waals surface area contributed by atoms with Crippen LogP contribution < -0.4 is 18.9 Å². The molecule has 1 unspecified atom stereocenters. The maximum absolute atomic E-state index is 13.7. The first-order chi connectivity index (χ1) is 25.5. The van der Waals surface area contributed by atoms with Gasteiger partial charge < -0.3 is 38.6 Å². The Bertz CT molecular complexity index is 2040. The number of fused-ring (bicyclic) bond motifs is 10. The second-order valence-electron chi connectivity index (χ2n) is 13.9. The summed E-state index contributed by atoms with van der Waals surface area (Å²) in [5.41, 5.74) is 4.86. The number of carbonyl (C=O) groups excluding carboxylic acids is 3. The van der Waals surface area contributed by atoms with E-state index in [1.807, 2.05) is 55.3 Å². The molecule has 3 aromatic carbocycles. The second-order valence-corrected chi connectivity index (χ2v) is 15.1. The Balaban J connectivity index is 1.30. The number of hydrogen-bond acceptors (Lipinski definition) is 14. The monoisotopic (exact) mass is 744 g/mol. The van der Waals surface area contributed by atoms with Gasteiger partial charge in [-0.25, -0.2) is 9.59 Å². The van der Waals surface area contributed by atoms with Crippen LogP contribution in [0.2, 0.25) is 0 Å². The second kappa shape index (κ2) is 13.6. The number of piperazine rings is 1. The molecule has 0 aliphatic carbocycles. The van der Waals surface area contributed by atoms with E-state index in [0.717, 1.165) is 16.7 Å². The number of methoxy groups -OCH3 is 1. The van der Waals surface area contributed by atoms with Crippen molar-refractivity contribution in [3.63, 3.8) is 0 Å². The summed E-state index contributed by atoms with van der Waals surface area (Å²) in [6.07, 6.45) is 0.951. The number of carbonyl (C=O) groups is 3. The van der Waals surface area contributed by atoms with E-state index in [9.17, 15) is 24.6 Å². The lowest BCUT2D eigenvalue weighted by Gasteiger charge is -2.62. The summed E-state index contributed by atoms with van der Waals surface area (Å²) >= 11 is 1.31. The van der Waals surface area contributed by atoms with Gasteiger partial charge >= 0.3 is 17.9 Å². The third kappa shape index (κ3) is 5.70. The third-order valence-corrected chi connectivity index (χ3v) is 12.3. The molecule has 3 aromatic rings. The number of nitrogens with zero attached hydrogens (tertiary/aromatic N) is 2. The number of phenolic OH excluding ortho intramolecular Hbond substituents is 1. The molecular formula is C39H40N2O11S. The third-order valence-electron chi connectivity index (χ3n) is 10.9. The predicted octanol–water partition coefficient (Wildman–Crippen LogP) is 4.28. The van der Waals surface area contributed by atoms with Gasteiger partial charge in [0.15, 0.2) is 23.0 Å². The molecule has 2 saturated heterocycles. The van der Waals surface area contributed by atoms with E-state index in [1.165, 1.54) is 31.9 Å². The average Bonchev–Trinajstić information content (AvgIpc) is 3.63. The summed E-state index contributed by atoms with van der Waals surface area (Å²) < 4.78 is 35.4. The molecule has 2 fully saturated rings. The Morgan fingerprint density at radius 1 is 1.04 bits per heavy atom. The van der Waals surface area contributed by atoms with Crippen molar-refractivity contribution in [2.45, 2.75) is 68.9 Å². The van der Waals surface area contributed by atoms with E-state index in [4.69, 9.17) is 28.4 Å². The molecule has 9 rings (SSSR count). The van der Waals surface area contributed by atoms with Crippen molar-refractivity contribution in [1.29, 1.82) is 0 Å². The SMILES string of the molecule is COc1c(C)cc2c(c1O)[C@@H]1C3[C@@H]4SC[C@H](OC(=O)/C=C/c5ccccc5)C(=O)OC[C@H](c5c6c(c(C)c(OC(C)=O)c54)OCO6)N3[C@@H](O)[C@H](C2)N1C. The lowest BCUT2D eigenvalue weighted by atomic mass is 9.73. The minimum absolute atomic E-state index is 0.0119. The number of rotatable bonds is 5. The maximum Gasteiger partial charge on any atom is 0.348 e. The van der Waals surface area contributed by atoms with Crippen LogP contribution in [0.1, 0.15) is 63.2 Å². The van der Waals surface area contributed by atoms with Crippen molar-refractivity contribution in [1.82, 2.24) is 9.80 Å². The summed E-state index contributed by atoms with van der Waals surface area (Å²) in [5, 5.41) is 23.6. The van der Waals surface area contributed by atoms with E-state index >= 15 is 0 Å². The molecular weight excluding hydrogens is 704 g/mol. The van der Waals surface area contributed by atoms with Crippen molar-refractivity contribution < 1.29 is 53.0 Å². The lowest BCUT2D eigenvalue weighted by molar-refractivity contribution is -0.188. The first-order valence-corrected chi connectivity index (χ1v) is 18.5. The van der Waals surface area contributed by atoms with Crippen molar-refractivity contribution in [3.8, 4) is 28.7 Å². The number of benzene rings is 3. The van der Waals surface area contributed by atoms with Gasteiger partial charge in [0, 0.05) is 47.0 Å². The Morgan fingerprint density at radius 3 is 2.53 bits per heavy atom. The number of thioether (sulfide) groups is 1. The molecule has 6 heterocycles. The van der Waals surface area contributed by atoms with Crippen molar-refractivity contribution in [2.75, 3.05) is 33.3 Å². The lowest BCUT2D eigenvalue weighted by Crippen LogP contribution is -2.69. The summed E-state index contributed by atoms with van der Waals surface area (Å²) in [7, 11) is 3.43. The summed E-state index contributed by atoms with van der Waals surface area (Å²) in [6, 6.07) is 8.88. The number of aliphatic hydroxyl groups is 1. The number of phenols is 1. The van der Waals surface area contributed by atoms with Gasteiger partial charge in [0.05, 0.1) is 30.5 Å². The van der Waals surface area contributed by atoms with Crippen molar-refractivity contribution >= 4 is 35.7 Å². The minimum Gasteiger partial charge on any atom is -0.504 e. The highest BCUT2D eigenvalue weighted by molar-refractivity contribution is 7.99. The quantitative estimate of drug-likeness (QED) is 0.217. The van der Waals surface area contributed by atoms with Gasteiger partial charge in [0.25, 0.3) is 0 Å². The first kappa shape index (κ1) is 35.3. The fourth-order valence-electron chi connectivity index (χ4n) is 8.75. The van der Waals surface area contributed by atoms with Crippen LogP contribution in [-0.2, 0) is 30.3 Å². The van der Waals surface area contributed by atoms with Gasteiger partial charge in [0.1, 0.15) is 18.6 Å². The topological polar surface area (TPSA) is 154 Å². The number of esters is 3. The number of aromatic hydroxyl groups is 1. The highest BCUT2D eigenvalue weighted by Gasteiger charge is 2.60. The van der Waals surface area contributed by atoms with E-state index in [-0.39, 0.29) is 30.7 Å². The van der Waals surface area contributed by atoms with Gasteiger partial charge in [-0.3, -0.25) is 14.6 Å². The van der Waals surface area contributed by atoms with Crippen LogP contribution >= 0.6 is 11.8 Å². The van der Waals surface area contributed by atoms with Crippen LogP contribution in [0.4, 0.5) is 0 Å². The van der Waals surface area contributed by atoms with Gasteiger partial charge in [-0.1, -0.05) is 36.4 Å². The van der Waals surface area contributed by atoms with Gasteiger partial charge in [0.2, 0.25) is 12.9 Å². The number of ether oxygens (including phenoxy) is 6. The zero-order valence-corrected chi connectivity index (χ0v) is 30.7. The normalized spacial score (nSPS) is 27.4. The summed E-state index contributed by atoms with van der Waals surface area (Å²) in [4.78, 5) is 43.6. The number of hydrogen-bond donors (Lipinski definition) is 2. The summed E-state index contributed by atoms with van der Waals surface area (Å²) in [6.45, 7) is 4.64. The van der Waals surface area contributed by atoms with Crippen LogP contribution in [0.25, 0.3) is 6.08 Å². The molecule has 6 aliphatic heterocycles. The standard InChI is InChI=1S/C39H40N2O11S/c1-18-13-22-14-23-38(45)41-24-15-48-39(46)25(52-26(43)12-11-21-9-7-6-8-10-21)16-53-37(31(41)30(40(23)4)27(22)32(44)33(18)47-5)29-28(24)36-35(49-17-50-36)19(2)34(29)51-20(3)42/h6-13,23-25,30-31,37-38,44-45H,14-17H2,1-5H3/b12-11+/t23-,24+,25-,30+,31?,37+,38-/m0/s1. The molecule has 13 nitrogen and oxygen atoms in total. The molecule has 6 aliphatic rings. The van der Waals surface area contributed by atoms with E-state index in [1.54, 1.807) is 13.0 Å². The van der Waals surface area contributed by atoms with Crippen LogP contribution in [-0.4, -0.2) is 95.6 Å². The molecule has 53 heavy (non-hydrogen) atoms. The van der Waals surface area contributed by atoms with Crippen molar-refractivity contribution in [3.05, 3.63) is 81.4 Å². The molecule has 14 heteroatoms. The fraction of sp³-hybridized carbons (Fsp3) is 0.410. The first-order valence-electron chi connectivity index (χ1n) is 17.4. The molecule has 0 amide bonds. The fourth-order valence-corrected chi connectivity index (χ4v) is 10.2. The van der Waals surface area contributed by atoms with Gasteiger partial charge in [-0.2, -0.15) is 0 Å². The average molecular weight is 745 g/mol. The maximum atomic E-state index is 13.7. The molecule has 278 valence electrons. The summed E-state index contributed by atoms with van der Waals surface area (Å²) in [5.74, 6) is -0.567. The highest BCUT2D eigenvalue weighted by Crippen LogP contribution is 2.64. The highest BCUT2D eigenvalue weighted by atomic mass is 32.2. The molecule has 0 radical (unpaired) electrons. The Morgan fingerprint density at radius 2 is 1.79 bits per heavy atom. The van der Waals surface area contributed by atoms with Gasteiger partial charge in [-0.05, 0) is 50.1 Å². The zero-order chi connectivity index (χ0) is 37.3. The Hall–Kier alpha value is -4.76. The number of aryl methyl sites for hydroxylation is 1. The molecule has 7 atom stereocenters. The van der Waals surface area contributed by atoms with E-state index in [0.29, 0.717) is 45.9 Å². The smallest absolute Gasteiger partial charge is 0.348 e. The predicted molar refractivity (Wildman–Crippen MR) is 192 cm³/mol.